The van der Waals surface area contributed by atoms with E-state index in [1.54, 1.807) is 30.2 Å². The third kappa shape index (κ3) is 4.90. The number of amides is 2. The lowest BCUT2D eigenvalue weighted by atomic mass is 10.2. The van der Waals surface area contributed by atoms with Crippen LogP contribution in [0.15, 0.2) is 40.8 Å². The molecule has 0 saturated heterocycles. The van der Waals surface area contributed by atoms with Crippen LogP contribution in [0.4, 0.5) is 10.5 Å². The van der Waals surface area contributed by atoms with E-state index in [9.17, 15) is 4.79 Å². The normalized spacial score (nSPS) is 10.1. The molecule has 0 unspecified atom stereocenters. The fraction of sp³-hybridized carbons (Fsp3) is 0.278. The van der Waals surface area contributed by atoms with Gasteiger partial charge in [0.25, 0.3) is 0 Å². The zero-order valence-electron chi connectivity index (χ0n) is 13.3. The number of carbonyl (C=O) groups excluding carboxylic acids is 1. The molecule has 1 aromatic carbocycles. The number of benzene rings is 1. The number of rotatable bonds is 6. The second-order valence-electron chi connectivity index (χ2n) is 5.08. The average Bonchev–Trinajstić information content (AvgIpc) is 2.96. The summed E-state index contributed by atoms with van der Waals surface area (Å²) in [5.74, 6) is 4.09. The van der Waals surface area contributed by atoms with Crippen molar-refractivity contribution in [1.29, 1.82) is 0 Å². The van der Waals surface area contributed by atoms with E-state index in [0.717, 1.165) is 11.5 Å². The number of aryl methyl sites for hydroxylation is 1. The number of carbonyl (C=O) groups is 1. The Bertz CT molecular complexity index is 700. The molecule has 0 spiro atoms. The molecule has 0 saturated carbocycles. The molecule has 5 heteroatoms. The number of hydrogen-bond donors (Lipinski definition) is 1. The van der Waals surface area contributed by atoms with Gasteiger partial charge in [0, 0.05) is 24.9 Å². The zero-order chi connectivity index (χ0) is 16.7. The van der Waals surface area contributed by atoms with Gasteiger partial charge in [-0.1, -0.05) is 12.0 Å². The van der Waals surface area contributed by atoms with Crippen molar-refractivity contribution in [2.24, 2.45) is 0 Å². The molecule has 1 aromatic heterocycles. The third-order valence-electron chi connectivity index (χ3n) is 3.28. The van der Waals surface area contributed by atoms with Crippen molar-refractivity contribution in [3.8, 4) is 12.3 Å². The van der Waals surface area contributed by atoms with Gasteiger partial charge in [0.1, 0.15) is 11.5 Å². The highest BCUT2D eigenvalue weighted by Gasteiger charge is 2.15. The van der Waals surface area contributed by atoms with Crippen LogP contribution in [0.2, 0.25) is 0 Å². The number of nitrogens with zero attached hydrogens (tertiary/aromatic N) is 1. The van der Waals surface area contributed by atoms with Gasteiger partial charge in [-0.25, -0.2) is 4.79 Å². The lowest BCUT2D eigenvalue weighted by Crippen LogP contribution is -2.36. The Morgan fingerprint density at radius 3 is 2.87 bits per heavy atom. The highest BCUT2D eigenvalue weighted by Crippen LogP contribution is 2.13. The van der Waals surface area contributed by atoms with Gasteiger partial charge in [-0.05, 0) is 37.3 Å². The van der Waals surface area contributed by atoms with Gasteiger partial charge < -0.3 is 19.4 Å². The Labute approximate surface area is 136 Å². The molecular formula is C18H20N2O3. The Kier molecular flexibility index (Phi) is 5.84. The molecule has 0 aliphatic rings. The van der Waals surface area contributed by atoms with Crippen LogP contribution in [-0.2, 0) is 11.3 Å². The standard InChI is InChI=1S/C18H20N2O3/c1-4-15-6-5-7-16(12-15)19-18(21)20(10-11-22-3)13-17-9-8-14(2)23-17/h1,5-9,12H,10-11,13H2,2-3H3,(H,19,21). The zero-order valence-corrected chi connectivity index (χ0v) is 13.3. The van der Waals surface area contributed by atoms with E-state index in [2.05, 4.69) is 11.2 Å². The van der Waals surface area contributed by atoms with Crippen molar-refractivity contribution in [2.45, 2.75) is 13.5 Å². The summed E-state index contributed by atoms with van der Waals surface area (Å²) < 4.78 is 10.6. The van der Waals surface area contributed by atoms with Gasteiger partial charge in [-0.15, -0.1) is 6.42 Å². The van der Waals surface area contributed by atoms with Crippen LogP contribution < -0.4 is 5.32 Å². The number of anilines is 1. The number of hydrogen-bond acceptors (Lipinski definition) is 3. The first-order valence-corrected chi connectivity index (χ1v) is 7.29. The summed E-state index contributed by atoms with van der Waals surface area (Å²) in [5, 5.41) is 2.85. The Balaban J connectivity index is 2.07. The lowest BCUT2D eigenvalue weighted by Gasteiger charge is -2.22. The Hall–Kier alpha value is -2.71. The number of terminal acetylenes is 1. The fourth-order valence-electron chi connectivity index (χ4n) is 2.10. The van der Waals surface area contributed by atoms with Crippen LogP contribution in [0, 0.1) is 19.3 Å². The van der Waals surface area contributed by atoms with Crippen LogP contribution >= 0.6 is 0 Å². The van der Waals surface area contributed by atoms with Crippen LogP contribution in [-0.4, -0.2) is 31.2 Å². The second-order valence-corrected chi connectivity index (χ2v) is 5.08. The van der Waals surface area contributed by atoms with E-state index in [-0.39, 0.29) is 6.03 Å². The molecule has 2 rings (SSSR count). The molecular weight excluding hydrogens is 292 g/mol. The molecule has 0 bridgehead atoms. The Morgan fingerprint density at radius 2 is 2.22 bits per heavy atom. The molecule has 0 fully saturated rings. The van der Waals surface area contributed by atoms with E-state index < -0.39 is 0 Å². The summed E-state index contributed by atoms with van der Waals surface area (Å²) in [7, 11) is 1.60. The van der Waals surface area contributed by atoms with E-state index in [0.29, 0.717) is 30.9 Å². The van der Waals surface area contributed by atoms with E-state index in [4.69, 9.17) is 15.6 Å². The first-order valence-electron chi connectivity index (χ1n) is 7.29. The summed E-state index contributed by atoms with van der Waals surface area (Å²) in [4.78, 5) is 14.1. The fourth-order valence-corrected chi connectivity index (χ4v) is 2.10. The molecule has 1 N–H and O–H groups in total. The summed E-state index contributed by atoms with van der Waals surface area (Å²) in [6.07, 6.45) is 5.38. The van der Waals surface area contributed by atoms with Crippen molar-refractivity contribution < 1.29 is 13.9 Å². The highest BCUT2D eigenvalue weighted by atomic mass is 16.5. The first kappa shape index (κ1) is 16.7. The highest BCUT2D eigenvalue weighted by molar-refractivity contribution is 5.89. The quantitative estimate of drug-likeness (QED) is 0.833. The van der Waals surface area contributed by atoms with E-state index in [1.165, 1.54) is 0 Å². The average molecular weight is 312 g/mol. The number of ether oxygens (including phenoxy) is 1. The largest absolute Gasteiger partial charge is 0.464 e. The maximum atomic E-state index is 12.5. The monoisotopic (exact) mass is 312 g/mol. The molecule has 0 aliphatic carbocycles. The third-order valence-corrected chi connectivity index (χ3v) is 3.28. The summed E-state index contributed by atoms with van der Waals surface area (Å²) in [6, 6.07) is 10.7. The first-order chi connectivity index (χ1) is 11.1. The van der Waals surface area contributed by atoms with Crippen molar-refractivity contribution >= 4 is 11.7 Å². The number of methoxy groups -OCH3 is 1. The smallest absolute Gasteiger partial charge is 0.322 e. The minimum atomic E-state index is -0.231. The SMILES string of the molecule is C#Cc1cccc(NC(=O)N(CCOC)Cc2ccc(C)o2)c1. The minimum Gasteiger partial charge on any atom is -0.464 e. The second kappa shape index (κ2) is 8.06. The van der Waals surface area contributed by atoms with Gasteiger partial charge >= 0.3 is 6.03 Å². The van der Waals surface area contributed by atoms with Crippen molar-refractivity contribution in [3.05, 3.63) is 53.5 Å². The number of urea groups is 1. The predicted octanol–water partition coefficient (Wildman–Crippen LogP) is 3.25. The molecule has 120 valence electrons. The van der Waals surface area contributed by atoms with E-state index in [1.807, 2.05) is 25.1 Å². The molecule has 2 amide bonds. The maximum Gasteiger partial charge on any atom is 0.322 e. The summed E-state index contributed by atoms with van der Waals surface area (Å²) in [6.45, 7) is 3.14. The van der Waals surface area contributed by atoms with Crippen LogP contribution in [0.3, 0.4) is 0 Å². The Morgan fingerprint density at radius 1 is 1.39 bits per heavy atom. The molecule has 23 heavy (non-hydrogen) atoms. The van der Waals surface area contributed by atoms with E-state index >= 15 is 0 Å². The number of nitrogens with one attached hydrogen (secondary N) is 1. The van der Waals surface area contributed by atoms with Gasteiger partial charge in [-0.3, -0.25) is 0 Å². The van der Waals surface area contributed by atoms with Gasteiger partial charge in [0.15, 0.2) is 0 Å². The van der Waals surface area contributed by atoms with Gasteiger partial charge in [-0.2, -0.15) is 0 Å². The molecule has 0 atom stereocenters. The van der Waals surface area contributed by atoms with Crippen molar-refractivity contribution in [3.63, 3.8) is 0 Å². The van der Waals surface area contributed by atoms with Gasteiger partial charge in [0.2, 0.25) is 0 Å². The molecule has 5 nitrogen and oxygen atoms in total. The summed E-state index contributed by atoms with van der Waals surface area (Å²) >= 11 is 0. The lowest BCUT2D eigenvalue weighted by molar-refractivity contribution is 0.149. The van der Waals surface area contributed by atoms with Crippen molar-refractivity contribution in [2.75, 3.05) is 25.6 Å². The maximum absolute atomic E-state index is 12.5. The van der Waals surface area contributed by atoms with Crippen LogP contribution in [0.5, 0.6) is 0 Å². The van der Waals surface area contributed by atoms with Crippen LogP contribution in [0.25, 0.3) is 0 Å². The molecule has 0 aliphatic heterocycles. The summed E-state index contributed by atoms with van der Waals surface area (Å²) in [5.41, 5.74) is 1.37. The molecule has 0 radical (unpaired) electrons. The van der Waals surface area contributed by atoms with Crippen LogP contribution in [0.1, 0.15) is 17.1 Å². The molecule has 2 aromatic rings. The molecule has 1 heterocycles. The minimum absolute atomic E-state index is 0.231. The van der Waals surface area contributed by atoms with Crippen molar-refractivity contribution in [1.82, 2.24) is 4.90 Å². The number of furan rings is 1. The topological polar surface area (TPSA) is 54.7 Å². The van der Waals surface area contributed by atoms with Gasteiger partial charge in [0.05, 0.1) is 13.2 Å². The predicted molar refractivity (Wildman–Crippen MR) is 89.1 cm³/mol.